The van der Waals surface area contributed by atoms with Crippen molar-refractivity contribution < 1.29 is 36.2 Å². The van der Waals surface area contributed by atoms with Gasteiger partial charge in [-0.2, -0.15) is 26.0 Å². The van der Waals surface area contributed by atoms with Crippen LogP contribution in [0.3, 0.4) is 0 Å². The summed E-state index contributed by atoms with van der Waals surface area (Å²) in [6.45, 7) is 5.08. The third-order valence-electron chi connectivity index (χ3n) is 2.38. The molecule has 0 spiro atoms. The molecule has 6 nitrogen and oxygen atoms in total. The number of sulfonamides is 1. The quantitative estimate of drug-likeness (QED) is 0.208. The van der Waals surface area contributed by atoms with E-state index in [2.05, 4.69) is 11.0 Å². The maximum atomic E-state index is 12.0. The van der Waals surface area contributed by atoms with Crippen LogP contribution in [0.25, 0.3) is 0 Å². The predicted molar refractivity (Wildman–Crippen MR) is 71.3 cm³/mol. The lowest BCUT2D eigenvalue weighted by atomic mass is 10.1. The maximum Gasteiger partial charge on any atom is 0.518 e. The van der Waals surface area contributed by atoms with Crippen molar-refractivity contribution in [1.29, 1.82) is 0 Å². The Hall–Kier alpha value is -1.58. The fourth-order valence-electron chi connectivity index (χ4n) is 1.25. The summed E-state index contributed by atoms with van der Waals surface area (Å²) in [5.74, 6) is -1.84. The molecule has 0 N–H and O–H groups in total. The lowest BCUT2D eigenvalue weighted by molar-refractivity contribution is -0.218. The fourth-order valence-corrected chi connectivity index (χ4v) is 1.71. The van der Waals surface area contributed by atoms with Crippen LogP contribution in [0, 0.1) is 0 Å². The van der Waals surface area contributed by atoms with Crippen molar-refractivity contribution in [3.63, 3.8) is 0 Å². The number of alkyl halides is 3. The van der Waals surface area contributed by atoms with E-state index in [1.54, 1.807) is 0 Å². The highest BCUT2D eigenvalue weighted by atomic mass is 32.2. The minimum Gasteiger partial charge on any atom is -0.861 e. The van der Waals surface area contributed by atoms with Crippen LogP contribution in [0.5, 0.6) is 0 Å². The lowest BCUT2D eigenvalue weighted by Crippen LogP contribution is -2.26. The number of unbranched alkanes of at least 4 members (excludes halogenated alkanes) is 3. The number of hydrogen-bond acceptors (Lipinski definition) is 5. The largest absolute Gasteiger partial charge is 0.861 e. The lowest BCUT2D eigenvalue weighted by Gasteiger charge is -2.11. The Morgan fingerprint density at radius 2 is 1.77 bits per heavy atom. The number of carbonyl (C=O) groups excluding carboxylic acids is 1. The summed E-state index contributed by atoms with van der Waals surface area (Å²) in [6, 6.07) is 0. The summed E-state index contributed by atoms with van der Waals surface area (Å²) in [4.78, 5) is 11.0. The molecule has 0 bridgehead atoms. The number of carbonyl (C=O) groups is 1. The van der Waals surface area contributed by atoms with Gasteiger partial charge in [0.25, 0.3) is 0 Å². The third kappa shape index (κ3) is 8.01. The molecule has 0 aromatic heterocycles. The first-order valence-electron chi connectivity index (χ1n) is 6.37. The van der Waals surface area contributed by atoms with Gasteiger partial charge in [0.05, 0.1) is 6.61 Å². The Kier molecular flexibility index (Phi) is 8.13. The van der Waals surface area contributed by atoms with Crippen LogP contribution in [0.15, 0.2) is 16.5 Å². The minimum atomic E-state index is -5.76. The number of hydrogen-bond donors (Lipinski definition) is 0. The van der Waals surface area contributed by atoms with Crippen LogP contribution >= 0.6 is 0 Å². The molecule has 0 atom stereocenters. The van der Waals surface area contributed by atoms with E-state index in [-0.39, 0.29) is 25.0 Å². The first-order chi connectivity index (χ1) is 9.97. The van der Waals surface area contributed by atoms with Gasteiger partial charge in [-0.3, -0.25) is 0 Å². The molecule has 0 aliphatic carbocycles. The Morgan fingerprint density at radius 1 is 1.23 bits per heavy atom. The number of halogens is 3. The van der Waals surface area contributed by atoms with E-state index >= 15 is 0 Å². The molecular formula is C12H17F3NO5S-. The Labute approximate surface area is 126 Å². The monoisotopic (exact) mass is 344 g/mol. The van der Waals surface area contributed by atoms with Gasteiger partial charge >= 0.3 is 21.5 Å². The summed E-state index contributed by atoms with van der Waals surface area (Å²) < 4.78 is 64.1. The molecule has 0 radical (unpaired) electrons. The maximum absolute atomic E-state index is 12.0. The van der Waals surface area contributed by atoms with Gasteiger partial charge in [-0.15, -0.1) is 0 Å². The normalized spacial score (nSPS) is 13.0. The van der Waals surface area contributed by atoms with E-state index in [0.29, 0.717) is 19.3 Å². The van der Waals surface area contributed by atoms with Gasteiger partial charge in [0.2, 0.25) is 0 Å². The number of nitrogens with zero attached hydrogens (tertiary/aromatic N) is 1. The standard InChI is InChI=1S/C12H18F3NO5S/c1-9(2)11(18)21-8-6-4-3-5-7-10(17)16-22(19,20)12(13,14)15/h1,3-8H2,2H3,(H,16,17)/p-1. The van der Waals surface area contributed by atoms with E-state index in [4.69, 9.17) is 4.74 Å². The summed E-state index contributed by atoms with van der Waals surface area (Å²) >= 11 is 0. The first kappa shape index (κ1) is 20.4. The molecule has 22 heavy (non-hydrogen) atoms. The topological polar surface area (TPSA) is 95.9 Å². The van der Waals surface area contributed by atoms with Crippen LogP contribution < -0.4 is 5.11 Å². The van der Waals surface area contributed by atoms with Gasteiger partial charge in [-0.25, -0.2) is 4.79 Å². The number of ether oxygens (including phenoxy) is 1. The van der Waals surface area contributed by atoms with Crippen molar-refractivity contribution in [3.8, 4) is 0 Å². The highest BCUT2D eigenvalue weighted by Crippen LogP contribution is 2.24. The molecule has 0 heterocycles. The van der Waals surface area contributed by atoms with Gasteiger partial charge in [-0.05, 0) is 32.1 Å². The van der Waals surface area contributed by atoms with Crippen LogP contribution in [0.4, 0.5) is 13.2 Å². The van der Waals surface area contributed by atoms with Crippen molar-refractivity contribution in [2.24, 2.45) is 4.40 Å². The zero-order chi connectivity index (χ0) is 17.4. The molecule has 0 amide bonds. The smallest absolute Gasteiger partial charge is 0.518 e. The first-order valence-corrected chi connectivity index (χ1v) is 7.81. The zero-order valence-corrected chi connectivity index (χ0v) is 12.8. The van der Waals surface area contributed by atoms with Crippen molar-refractivity contribution >= 4 is 21.9 Å². The molecule has 0 rings (SSSR count). The number of esters is 1. The SMILES string of the molecule is C=C(C)C(=O)OCCCCCC/C([O-])=N\S(=O)(=O)C(F)(F)F. The van der Waals surface area contributed by atoms with Crippen molar-refractivity contribution in [3.05, 3.63) is 12.2 Å². The fraction of sp³-hybridized carbons (Fsp3) is 0.667. The van der Waals surface area contributed by atoms with E-state index in [1.807, 2.05) is 0 Å². The summed E-state index contributed by atoms with van der Waals surface area (Å²) in [7, 11) is -5.76. The Bertz CT molecular complexity index is 525. The Morgan fingerprint density at radius 3 is 2.27 bits per heavy atom. The van der Waals surface area contributed by atoms with Crippen molar-refractivity contribution in [2.45, 2.75) is 44.5 Å². The van der Waals surface area contributed by atoms with Gasteiger partial charge in [-0.1, -0.05) is 19.4 Å². The van der Waals surface area contributed by atoms with E-state index < -0.39 is 27.4 Å². The van der Waals surface area contributed by atoms with E-state index in [1.165, 1.54) is 6.92 Å². The average molecular weight is 344 g/mol. The molecule has 0 fully saturated rings. The number of rotatable bonds is 9. The van der Waals surface area contributed by atoms with Crippen LogP contribution in [0.1, 0.15) is 39.0 Å². The van der Waals surface area contributed by atoms with Crippen molar-refractivity contribution in [1.82, 2.24) is 0 Å². The molecule has 0 aliphatic rings. The molecule has 10 heteroatoms. The highest BCUT2D eigenvalue weighted by Gasteiger charge is 2.45. The predicted octanol–water partition coefficient (Wildman–Crippen LogP) is 1.66. The second-order valence-electron chi connectivity index (χ2n) is 4.49. The Balaban J connectivity index is 3.94. The van der Waals surface area contributed by atoms with Crippen molar-refractivity contribution in [2.75, 3.05) is 6.61 Å². The van der Waals surface area contributed by atoms with E-state index in [0.717, 1.165) is 0 Å². The molecule has 0 aromatic rings. The van der Waals surface area contributed by atoms with E-state index in [9.17, 15) is 31.5 Å². The van der Waals surface area contributed by atoms with Crippen LogP contribution in [-0.4, -0.2) is 32.4 Å². The minimum absolute atomic E-state index is 0.173. The van der Waals surface area contributed by atoms with Crippen LogP contribution in [-0.2, 0) is 19.6 Å². The van der Waals surface area contributed by atoms with Crippen LogP contribution in [0.2, 0.25) is 0 Å². The second kappa shape index (κ2) is 8.76. The van der Waals surface area contributed by atoms with Gasteiger partial charge in [0, 0.05) is 5.57 Å². The second-order valence-corrected chi connectivity index (χ2v) is 6.08. The molecule has 128 valence electrons. The summed E-state index contributed by atoms with van der Waals surface area (Å²) in [5, 5.41) is 11.0. The molecular weight excluding hydrogens is 327 g/mol. The summed E-state index contributed by atoms with van der Waals surface area (Å²) in [6.07, 6.45) is 1.37. The molecule has 0 aromatic carbocycles. The highest BCUT2D eigenvalue weighted by molar-refractivity contribution is 7.91. The zero-order valence-electron chi connectivity index (χ0n) is 12.0. The van der Waals surface area contributed by atoms with Gasteiger partial charge in [0.1, 0.15) is 0 Å². The molecule has 0 saturated carbocycles. The third-order valence-corrected chi connectivity index (χ3v) is 3.41. The van der Waals surface area contributed by atoms with Gasteiger partial charge in [0.15, 0.2) is 0 Å². The summed E-state index contributed by atoms with van der Waals surface area (Å²) in [5.41, 5.74) is -5.28. The molecule has 0 aliphatic heterocycles. The average Bonchev–Trinajstić information content (AvgIpc) is 2.35. The molecule has 0 unspecified atom stereocenters. The van der Waals surface area contributed by atoms with Gasteiger partial charge < -0.3 is 9.84 Å². The molecule has 0 saturated heterocycles.